The number of rotatable bonds is 11. The number of ether oxygens (including phenoxy) is 2. The summed E-state index contributed by atoms with van der Waals surface area (Å²) in [6, 6.07) is 31.3. The summed E-state index contributed by atoms with van der Waals surface area (Å²) in [5, 5.41) is 13.4. The van der Waals surface area contributed by atoms with Gasteiger partial charge in [-0.05, 0) is 34.3 Å². The largest absolute Gasteiger partial charge is 0.407 e. The highest BCUT2D eigenvalue weighted by Gasteiger charge is 2.57. The van der Waals surface area contributed by atoms with Crippen LogP contribution in [0.2, 0.25) is 5.04 Å². The Labute approximate surface area is 211 Å². The van der Waals surface area contributed by atoms with Gasteiger partial charge in [0.05, 0.1) is 19.3 Å². The van der Waals surface area contributed by atoms with Crippen molar-refractivity contribution in [2.45, 2.75) is 63.6 Å². The zero-order valence-electron chi connectivity index (χ0n) is 21.3. The van der Waals surface area contributed by atoms with Gasteiger partial charge < -0.3 is 19.0 Å². The van der Waals surface area contributed by atoms with E-state index < -0.39 is 20.0 Å². The topological polar surface area (TPSA) is 51.2 Å². The molecule has 4 rings (SSSR count). The fourth-order valence-electron chi connectivity index (χ4n) is 4.99. The van der Waals surface area contributed by atoms with Crippen molar-refractivity contribution in [1.29, 1.82) is 0 Å². The fraction of sp³-hybridized carbons (Fsp3) is 0.400. The van der Waals surface area contributed by atoms with Crippen LogP contribution in [0.3, 0.4) is 0 Å². The van der Waals surface area contributed by atoms with Crippen molar-refractivity contribution in [2.24, 2.45) is 0 Å². The Morgan fingerprint density at radius 2 is 1.40 bits per heavy atom. The van der Waals surface area contributed by atoms with E-state index in [4.69, 9.17) is 13.9 Å². The molecule has 1 heterocycles. The molecule has 0 aromatic heterocycles. The van der Waals surface area contributed by atoms with Gasteiger partial charge in [-0.25, -0.2) is 0 Å². The zero-order chi connectivity index (χ0) is 24.9. The summed E-state index contributed by atoms with van der Waals surface area (Å²) in [5.74, 6) is 0. The molecule has 1 aliphatic heterocycles. The van der Waals surface area contributed by atoms with Gasteiger partial charge in [-0.1, -0.05) is 112 Å². The minimum Gasteiger partial charge on any atom is -0.407 e. The van der Waals surface area contributed by atoms with Gasteiger partial charge in [-0.15, -0.1) is 0 Å². The maximum atomic E-state index is 11.0. The van der Waals surface area contributed by atoms with Gasteiger partial charge in [0.15, 0.2) is 0 Å². The van der Waals surface area contributed by atoms with Gasteiger partial charge >= 0.3 is 0 Å². The second kappa shape index (κ2) is 10.8. The number of aliphatic hydroxyl groups excluding tert-OH is 1. The minimum atomic E-state index is -2.61. The number of aliphatic hydroxyl groups is 1. The third-order valence-electron chi connectivity index (χ3n) is 7.15. The number of hydrogen-bond donors (Lipinski definition) is 1. The molecule has 3 aromatic rings. The molecule has 0 unspecified atom stereocenters. The van der Waals surface area contributed by atoms with Crippen molar-refractivity contribution in [3.8, 4) is 0 Å². The SMILES string of the molecule is CC(C)(C)[Si](OCC[C@H](O)[C@]1(C)O[C@H]1COCc1ccccc1)(c1ccccc1)c1ccccc1. The van der Waals surface area contributed by atoms with Crippen molar-refractivity contribution < 1.29 is 19.0 Å². The van der Waals surface area contributed by atoms with Crippen molar-refractivity contribution >= 4 is 18.7 Å². The van der Waals surface area contributed by atoms with Gasteiger partial charge in [0.2, 0.25) is 0 Å². The first-order chi connectivity index (χ1) is 16.8. The van der Waals surface area contributed by atoms with Crippen molar-refractivity contribution in [3.05, 3.63) is 96.6 Å². The Kier molecular flexibility index (Phi) is 7.94. The van der Waals surface area contributed by atoms with Gasteiger partial charge in [-0.3, -0.25) is 0 Å². The predicted octanol–water partition coefficient (Wildman–Crippen LogP) is 4.69. The molecule has 0 radical (unpaired) electrons. The van der Waals surface area contributed by atoms with E-state index in [1.807, 2.05) is 49.4 Å². The van der Waals surface area contributed by atoms with Crippen LogP contribution in [-0.2, 0) is 20.5 Å². The second-order valence-corrected chi connectivity index (χ2v) is 14.9. The average Bonchev–Trinajstić information content (AvgIpc) is 3.53. The first-order valence-corrected chi connectivity index (χ1v) is 14.4. The Hall–Kier alpha value is -2.28. The molecule has 0 spiro atoms. The molecule has 4 nitrogen and oxygen atoms in total. The highest BCUT2D eigenvalue weighted by atomic mass is 28.4. The molecule has 3 atom stereocenters. The lowest BCUT2D eigenvalue weighted by atomic mass is 9.98. The van der Waals surface area contributed by atoms with E-state index in [2.05, 4.69) is 69.3 Å². The summed E-state index contributed by atoms with van der Waals surface area (Å²) in [7, 11) is -2.61. The Bertz CT molecular complexity index is 1010. The molecule has 1 N–H and O–H groups in total. The van der Waals surface area contributed by atoms with Gasteiger partial charge in [-0.2, -0.15) is 0 Å². The Balaban J connectivity index is 1.41. The smallest absolute Gasteiger partial charge is 0.261 e. The molecule has 186 valence electrons. The molecule has 0 aliphatic carbocycles. The van der Waals surface area contributed by atoms with E-state index in [0.717, 1.165) is 5.56 Å². The molecule has 0 bridgehead atoms. The van der Waals surface area contributed by atoms with Crippen LogP contribution in [-0.4, -0.2) is 44.4 Å². The first kappa shape index (κ1) is 25.8. The van der Waals surface area contributed by atoms with Crippen LogP contribution in [0, 0.1) is 0 Å². The van der Waals surface area contributed by atoms with Crippen molar-refractivity contribution in [1.82, 2.24) is 0 Å². The monoisotopic (exact) mass is 490 g/mol. The molecular weight excluding hydrogens is 452 g/mol. The van der Waals surface area contributed by atoms with E-state index >= 15 is 0 Å². The van der Waals surface area contributed by atoms with Gasteiger partial charge in [0, 0.05) is 6.61 Å². The molecule has 0 saturated carbocycles. The van der Waals surface area contributed by atoms with Gasteiger partial charge in [0.25, 0.3) is 8.32 Å². The summed E-state index contributed by atoms with van der Waals surface area (Å²) >= 11 is 0. The van der Waals surface area contributed by atoms with Crippen LogP contribution in [0.25, 0.3) is 0 Å². The molecule has 1 aliphatic rings. The van der Waals surface area contributed by atoms with E-state index in [0.29, 0.717) is 26.2 Å². The third-order valence-corrected chi connectivity index (χ3v) is 12.2. The zero-order valence-corrected chi connectivity index (χ0v) is 22.3. The minimum absolute atomic E-state index is 0.0888. The molecule has 1 saturated heterocycles. The van der Waals surface area contributed by atoms with E-state index in [1.54, 1.807) is 0 Å². The molecule has 35 heavy (non-hydrogen) atoms. The summed E-state index contributed by atoms with van der Waals surface area (Å²) < 4.78 is 18.7. The summed E-state index contributed by atoms with van der Waals surface area (Å²) in [6.07, 6.45) is -0.212. The Morgan fingerprint density at radius 1 is 0.886 bits per heavy atom. The van der Waals surface area contributed by atoms with Crippen LogP contribution in [0.15, 0.2) is 91.0 Å². The third kappa shape index (κ3) is 5.60. The standard InChI is InChI=1S/C30H38O4Si/c1-29(2,3)35(25-16-10-6-11-17-25,26-18-12-7-13-19-26)33-21-20-27(31)30(4)28(34-30)23-32-22-24-14-8-5-9-15-24/h5-19,27-28,31H,20-23H2,1-4H3/t27-,28-,30-/m0/s1. The highest BCUT2D eigenvalue weighted by Crippen LogP contribution is 2.41. The number of hydrogen-bond acceptors (Lipinski definition) is 4. The normalized spacial score (nSPS) is 21.0. The van der Waals surface area contributed by atoms with Crippen molar-refractivity contribution in [2.75, 3.05) is 13.2 Å². The summed E-state index contributed by atoms with van der Waals surface area (Å²) in [4.78, 5) is 0. The number of epoxide rings is 1. The van der Waals surface area contributed by atoms with E-state index in [9.17, 15) is 5.11 Å². The Morgan fingerprint density at radius 3 is 1.91 bits per heavy atom. The van der Waals surface area contributed by atoms with E-state index in [-0.39, 0.29) is 11.1 Å². The quantitative estimate of drug-likeness (QED) is 0.313. The first-order valence-electron chi connectivity index (χ1n) is 12.5. The molecular formula is C30H38O4Si. The summed E-state index contributed by atoms with van der Waals surface area (Å²) in [5.41, 5.74) is 0.542. The maximum absolute atomic E-state index is 11.0. The highest BCUT2D eigenvalue weighted by molar-refractivity contribution is 6.99. The average molecular weight is 491 g/mol. The maximum Gasteiger partial charge on any atom is 0.261 e. The second-order valence-electron chi connectivity index (χ2n) is 10.6. The van der Waals surface area contributed by atoms with Gasteiger partial charge in [0.1, 0.15) is 11.7 Å². The molecule has 0 amide bonds. The van der Waals surface area contributed by atoms with Crippen molar-refractivity contribution in [3.63, 3.8) is 0 Å². The molecule has 5 heteroatoms. The lowest BCUT2D eigenvalue weighted by molar-refractivity contribution is 0.0632. The predicted molar refractivity (Wildman–Crippen MR) is 144 cm³/mol. The van der Waals surface area contributed by atoms with Crippen LogP contribution < -0.4 is 10.4 Å². The number of benzene rings is 3. The lowest BCUT2D eigenvalue weighted by Crippen LogP contribution is -2.66. The van der Waals surface area contributed by atoms with Crippen LogP contribution in [0.1, 0.15) is 39.7 Å². The molecule has 3 aromatic carbocycles. The van der Waals surface area contributed by atoms with E-state index in [1.165, 1.54) is 10.4 Å². The van der Waals surface area contributed by atoms with Crippen LogP contribution >= 0.6 is 0 Å². The lowest BCUT2D eigenvalue weighted by Gasteiger charge is -2.43. The fourth-order valence-corrected chi connectivity index (χ4v) is 9.57. The summed E-state index contributed by atoms with van der Waals surface area (Å²) in [6.45, 7) is 10.2. The van der Waals surface area contributed by atoms with Crippen LogP contribution in [0.4, 0.5) is 0 Å². The molecule has 1 fully saturated rings. The van der Waals surface area contributed by atoms with Crippen LogP contribution in [0.5, 0.6) is 0 Å².